The summed E-state index contributed by atoms with van der Waals surface area (Å²) in [5.74, 6) is 1.20. The standard InChI is InChI=1S/C15H19N3/c1-2-18-10-12(9-17-18)15(16)14-8-13(14)11-6-4-3-5-7-11/h3-7,9-10,13-15H,2,8,16H2,1H3. The van der Waals surface area contributed by atoms with E-state index in [1.165, 1.54) is 17.5 Å². The lowest BCUT2D eigenvalue weighted by Crippen LogP contribution is -2.12. The molecular weight excluding hydrogens is 222 g/mol. The fraction of sp³-hybridized carbons (Fsp3) is 0.400. The maximum atomic E-state index is 6.34. The van der Waals surface area contributed by atoms with Crippen molar-refractivity contribution in [3.8, 4) is 0 Å². The summed E-state index contributed by atoms with van der Waals surface area (Å²) < 4.78 is 1.94. The number of hydrogen-bond donors (Lipinski definition) is 1. The van der Waals surface area contributed by atoms with E-state index in [1.54, 1.807) is 0 Å². The van der Waals surface area contributed by atoms with Crippen LogP contribution in [0.3, 0.4) is 0 Å². The third-order valence-electron chi connectivity index (χ3n) is 3.89. The molecule has 3 atom stereocenters. The molecule has 0 saturated heterocycles. The highest BCUT2D eigenvalue weighted by Gasteiger charge is 2.43. The molecule has 0 spiro atoms. The Hall–Kier alpha value is -1.61. The van der Waals surface area contributed by atoms with Gasteiger partial charge in [0, 0.05) is 24.3 Å². The Labute approximate surface area is 108 Å². The van der Waals surface area contributed by atoms with E-state index in [-0.39, 0.29) is 6.04 Å². The highest BCUT2D eigenvalue weighted by Crippen LogP contribution is 2.53. The second kappa shape index (κ2) is 4.58. The van der Waals surface area contributed by atoms with Crippen molar-refractivity contribution in [3.63, 3.8) is 0 Å². The summed E-state index contributed by atoms with van der Waals surface area (Å²) >= 11 is 0. The first-order valence-corrected chi connectivity index (χ1v) is 6.62. The molecule has 3 rings (SSSR count). The minimum absolute atomic E-state index is 0.121. The molecule has 1 aromatic heterocycles. The SMILES string of the molecule is CCn1cc(C(N)C2CC2c2ccccc2)cn1. The molecule has 2 N–H and O–H groups in total. The van der Waals surface area contributed by atoms with E-state index in [0.29, 0.717) is 11.8 Å². The van der Waals surface area contributed by atoms with Crippen LogP contribution in [0.15, 0.2) is 42.7 Å². The predicted octanol–water partition coefficient (Wildman–Crippen LogP) is 2.71. The van der Waals surface area contributed by atoms with Gasteiger partial charge in [-0.2, -0.15) is 5.10 Å². The fourth-order valence-corrected chi connectivity index (χ4v) is 2.67. The zero-order valence-corrected chi connectivity index (χ0v) is 10.7. The largest absolute Gasteiger partial charge is 0.324 e. The second-order valence-corrected chi connectivity index (χ2v) is 5.07. The van der Waals surface area contributed by atoms with Gasteiger partial charge in [-0.1, -0.05) is 30.3 Å². The van der Waals surface area contributed by atoms with Crippen molar-refractivity contribution in [2.45, 2.75) is 31.8 Å². The Morgan fingerprint density at radius 3 is 2.83 bits per heavy atom. The topological polar surface area (TPSA) is 43.8 Å². The molecule has 0 aliphatic heterocycles. The Morgan fingerprint density at radius 1 is 1.39 bits per heavy atom. The van der Waals surface area contributed by atoms with Crippen molar-refractivity contribution < 1.29 is 0 Å². The van der Waals surface area contributed by atoms with Crippen molar-refractivity contribution >= 4 is 0 Å². The van der Waals surface area contributed by atoms with Crippen molar-refractivity contribution in [1.29, 1.82) is 0 Å². The van der Waals surface area contributed by atoms with Crippen LogP contribution in [-0.4, -0.2) is 9.78 Å². The number of nitrogens with two attached hydrogens (primary N) is 1. The van der Waals surface area contributed by atoms with Gasteiger partial charge in [-0.3, -0.25) is 4.68 Å². The van der Waals surface area contributed by atoms with Crippen LogP contribution < -0.4 is 5.73 Å². The maximum Gasteiger partial charge on any atom is 0.0537 e. The number of hydrogen-bond acceptors (Lipinski definition) is 2. The number of benzene rings is 1. The molecule has 0 bridgehead atoms. The van der Waals surface area contributed by atoms with Gasteiger partial charge in [0.25, 0.3) is 0 Å². The number of aromatic nitrogens is 2. The Balaban J connectivity index is 1.70. The van der Waals surface area contributed by atoms with E-state index in [1.807, 2.05) is 10.9 Å². The van der Waals surface area contributed by atoms with Crippen LogP contribution in [0, 0.1) is 5.92 Å². The van der Waals surface area contributed by atoms with E-state index in [4.69, 9.17) is 5.73 Å². The lowest BCUT2D eigenvalue weighted by atomic mass is 10.0. The van der Waals surface area contributed by atoms with Gasteiger partial charge in [0.15, 0.2) is 0 Å². The molecular formula is C15H19N3. The minimum Gasteiger partial charge on any atom is -0.324 e. The van der Waals surface area contributed by atoms with E-state index in [2.05, 4.69) is 48.6 Å². The molecule has 3 heteroatoms. The smallest absolute Gasteiger partial charge is 0.0537 e. The first-order valence-electron chi connectivity index (χ1n) is 6.62. The lowest BCUT2D eigenvalue weighted by molar-refractivity contribution is 0.611. The van der Waals surface area contributed by atoms with Gasteiger partial charge >= 0.3 is 0 Å². The minimum atomic E-state index is 0.121. The molecule has 1 heterocycles. The summed E-state index contributed by atoms with van der Waals surface area (Å²) in [4.78, 5) is 0. The van der Waals surface area contributed by atoms with Crippen LogP contribution in [0.5, 0.6) is 0 Å². The van der Waals surface area contributed by atoms with Crippen LogP contribution >= 0.6 is 0 Å². The van der Waals surface area contributed by atoms with Crippen LogP contribution in [0.2, 0.25) is 0 Å². The molecule has 1 aliphatic carbocycles. The summed E-state index contributed by atoms with van der Waals surface area (Å²) in [6.07, 6.45) is 5.18. The Kier molecular flexibility index (Phi) is 2.92. The number of rotatable bonds is 4. The summed E-state index contributed by atoms with van der Waals surface area (Å²) in [5, 5.41) is 4.30. The molecule has 94 valence electrons. The van der Waals surface area contributed by atoms with Crippen molar-refractivity contribution in [2.75, 3.05) is 0 Å². The molecule has 1 aromatic carbocycles. The summed E-state index contributed by atoms with van der Waals surface area (Å²) in [5.41, 5.74) is 8.93. The molecule has 0 radical (unpaired) electrons. The van der Waals surface area contributed by atoms with Crippen LogP contribution in [0.25, 0.3) is 0 Å². The Bertz CT molecular complexity index is 518. The number of aryl methyl sites for hydroxylation is 1. The molecule has 3 unspecified atom stereocenters. The van der Waals surface area contributed by atoms with Crippen LogP contribution in [0.1, 0.15) is 36.4 Å². The van der Waals surface area contributed by atoms with Crippen molar-refractivity contribution in [1.82, 2.24) is 9.78 Å². The third kappa shape index (κ3) is 2.06. The van der Waals surface area contributed by atoms with Gasteiger partial charge in [0.2, 0.25) is 0 Å². The number of nitrogens with zero attached hydrogens (tertiary/aromatic N) is 2. The van der Waals surface area contributed by atoms with E-state index >= 15 is 0 Å². The predicted molar refractivity (Wildman–Crippen MR) is 72.1 cm³/mol. The summed E-state index contributed by atoms with van der Waals surface area (Å²) in [6.45, 7) is 2.99. The van der Waals surface area contributed by atoms with Gasteiger partial charge < -0.3 is 5.73 Å². The average molecular weight is 241 g/mol. The maximum absolute atomic E-state index is 6.34. The normalized spacial score (nSPS) is 23.9. The molecule has 3 nitrogen and oxygen atoms in total. The van der Waals surface area contributed by atoms with Gasteiger partial charge in [0.1, 0.15) is 0 Å². The zero-order valence-electron chi connectivity index (χ0n) is 10.7. The summed E-state index contributed by atoms with van der Waals surface area (Å²) in [6, 6.07) is 10.8. The van der Waals surface area contributed by atoms with Crippen LogP contribution in [-0.2, 0) is 6.54 Å². The van der Waals surface area contributed by atoms with E-state index in [0.717, 1.165) is 6.54 Å². The quantitative estimate of drug-likeness (QED) is 0.894. The second-order valence-electron chi connectivity index (χ2n) is 5.07. The first-order chi connectivity index (χ1) is 8.79. The molecule has 1 aliphatic rings. The molecule has 2 aromatic rings. The molecule has 1 fully saturated rings. The third-order valence-corrected chi connectivity index (χ3v) is 3.89. The average Bonchev–Trinajstić information content (AvgIpc) is 3.08. The fourth-order valence-electron chi connectivity index (χ4n) is 2.67. The van der Waals surface area contributed by atoms with Gasteiger partial charge in [0.05, 0.1) is 6.20 Å². The van der Waals surface area contributed by atoms with Crippen LogP contribution in [0.4, 0.5) is 0 Å². The van der Waals surface area contributed by atoms with Gasteiger partial charge in [-0.15, -0.1) is 0 Å². The monoisotopic (exact) mass is 241 g/mol. The van der Waals surface area contributed by atoms with Gasteiger partial charge in [-0.05, 0) is 30.7 Å². The summed E-state index contributed by atoms with van der Waals surface area (Å²) in [7, 11) is 0. The molecule has 18 heavy (non-hydrogen) atoms. The molecule has 1 saturated carbocycles. The van der Waals surface area contributed by atoms with Gasteiger partial charge in [-0.25, -0.2) is 0 Å². The van der Waals surface area contributed by atoms with Crippen molar-refractivity contribution in [3.05, 3.63) is 53.9 Å². The Morgan fingerprint density at radius 2 is 2.17 bits per heavy atom. The first kappa shape index (κ1) is 11.5. The highest BCUT2D eigenvalue weighted by atomic mass is 15.3. The zero-order chi connectivity index (χ0) is 12.5. The highest BCUT2D eigenvalue weighted by molar-refractivity contribution is 5.28. The lowest BCUT2D eigenvalue weighted by Gasteiger charge is -2.08. The van der Waals surface area contributed by atoms with Crippen molar-refractivity contribution in [2.24, 2.45) is 11.7 Å². The van der Waals surface area contributed by atoms with E-state index in [9.17, 15) is 0 Å². The van der Waals surface area contributed by atoms with E-state index < -0.39 is 0 Å². The molecule has 0 amide bonds.